The summed E-state index contributed by atoms with van der Waals surface area (Å²) in [6.45, 7) is 3.28. The maximum absolute atomic E-state index is 13.0. The number of carbonyl (C=O) groups excluding carboxylic acids is 1. The Hall–Kier alpha value is -1.23. The van der Waals surface area contributed by atoms with Gasteiger partial charge >= 0.3 is 0 Å². The number of sulfonamides is 1. The van der Waals surface area contributed by atoms with Crippen molar-refractivity contribution in [3.05, 3.63) is 38.3 Å². The van der Waals surface area contributed by atoms with Crippen LogP contribution in [-0.4, -0.2) is 49.9 Å². The normalized spacial score (nSPS) is 20.0. The molecule has 2 heterocycles. The molecule has 2 aromatic rings. The van der Waals surface area contributed by atoms with E-state index in [0.29, 0.717) is 24.3 Å². The minimum Gasteiger partial charge on any atom is -0.379 e. The molecule has 1 saturated heterocycles. The van der Waals surface area contributed by atoms with Crippen molar-refractivity contribution in [2.24, 2.45) is 5.92 Å². The fraction of sp³-hybridized carbons (Fsp3) is 0.474. The van der Waals surface area contributed by atoms with Crippen LogP contribution in [0.1, 0.15) is 34.3 Å². The van der Waals surface area contributed by atoms with E-state index in [-0.39, 0.29) is 33.6 Å². The summed E-state index contributed by atoms with van der Waals surface area (Å²) < 4.78 is 32.5. The van der Waals surface area contributed by atoms with Gasteiger partial charge in [-0.3, -0.25) is 10.1 Å². The second kappa shape index (κ2) is 8.72. The van der Waals surface area contributed by atoms with Gasteiger partial charge in [0.2, 0.25) is 10.0 Å². The number of hydrogen-bond acceptors (Lipinski definition) is 6. The molecular formula is C19H21Cl2N3O4S2. The van der Waals surface area contributed by atoms with Crippen LogP contribution in [0.2, 0.25) is 10.0 Å². The molecule has 1 fully saturated rings. The number of amides is 1. The Bertz CT molecular complexity index is 1080. The maximum Gasteiger partial charge on any atom is 0.259 e. The topological polar surface area (TPSA) is 88.6 Å². The van der Waals surface area contributed by atoms with E-state index in [4.69, 9.17) is 27.9 Å². The lowest BCUT2D eigenvalue weighted by Gasteiger charge is -2.26. The number of fused-ring (bicyclic) bond motifs is 1. The molecule has 162 valence electrons. The minimum absolute atomic E-state index is 0.0262. The van der Waals surface area contributed by atoms with Crippen molar-refractivity contribution >= 4 is 55.6 Å². The van der Waals surface area contributed by atoms with E-state index in [0.717, 1.165) is 25.0 Å². The van der Waals surface area contributed by atoms with Crippen molar-refractivity contribution in [2.45, 2.75) is 31.1 Å². The van der Waals surface area contributed by atoms with Crippen LogP contribution >= 0.6 is 34.5 Å². The number of hydrogen-bond donors (Lipinski definition) is 1. The third-order valence-electron chi connectivity index (χ3n) is 5.26. The summed E-state index contributed by atoms with van der Waals surface area (Å²) in [5.74, 6) is 0.0782. The number of anilines is 1. The molecule has 1 aromatic heterocycles. The van der Waals surface area contributed by atoms with Gasteiger partial charge in [0.15, 0.2) is 5.13 Å². The standard InChI is InChI=1S/C19H21Cl2N3O4S2/c1-11-2-3-15-16(8-11)29-19(22-15)23-18(25)12-9-17(14(21)10-13(12)20)30(26,27)24-4-6-28-7-5-24/h9-11H,2-8H2,1H3,(H,22,23,25). The molecule has 2 aliphatic rings. The highest BCUT2D eigenvalue weighted by Crippen LogP contribution is 2.34. The van der Waals surface area contributed by atoms with E-state index >= 15 is 0 Å². The fourth-order valence-electron chi connectivity index (χ4n) is 3.58. The minimum atomic E-state index is -3.88. The second-order valence-electron chi connectivity index (χ2n) is 7.47. The molecule has 1 aliphatic carbocycles. The van der Waals surface area contributed by atoms with Crippen molar-refractivity contribution < 1.29 is 17.9 Å². The van der Waals surface area contributed by atoms with Crippen LogP contribution in [0.4, 0.5) is 5.13 Å². The summed E-state index contributed by atoms with van der Waals surface area (Å²) in [5.41, 5.74) is 1.06. The number of benzene rings is 1. The van der Waals surface area contributed by atoms with Crippen LogP contribution in [0.25, 0.3) is 0 Å². The fourth-order valence-corrected chi connectivity index (χ4v) is 6.99. The largest absolute Gasteiger partial charge is 0.379 e. The summed E-state index contributed by atoms with van der Waals surface area (Å²) in [5, 5.41) is 3.30. The smallest absolute Gasteiger partial charge is 0.259 e. The van der Waals surface area contributed by atoms with Gasteiger partial charge in [-0.2, -0.15) is 4.31 Å². The van der Waals surface area contributed by atoms with Crippen LogP contribution in [0.5, 0.6) is 0 Å². The first kappa shape index (κ1) is 22.0. The summed E-state index contributed by atoms with van der Waals surface area (Å²) in [7, 11) is -3.88. The lowest BCUT2D eigenvalue weighted by Crippen LogP contribution is -2.40. The molecule has 1 atom stereocenters. The monoisotopic (exact) mass is 489 g/mol. The molecule has 0 radical (unpaired) electrons. The van der Waals surface area contributed by atoms with Crippen LogP contribution in [-0.2, 0) is 27.6 Å². The van der Waals surface area contributed by atoms with Crippen molar-refractivity contribution in [2.75, 3.05) is 31.6 Å². The van der Waals surface area contributed by atoms with Gasteiger partial charge in [0.05, 0.1) is 34.5 Å². The number of morpholine rings is 1. The molecule has 0 bridgehead atoms. The molecule has 11 heteroatoms. The Morgan fingerprint density at radius 1 is 1.27 bits per heavy atom. The van der Waals surface area contributed by atoms with Gasteiger partial charge in [0.25, 0.3) is 5.91 Å². The van der Waals surface area contributed by atoms with E-state index < -0.39 is 15.9 Å². The lowest BCUT2D eigenvalue weighted by atomic mass is 9.93. The number of aromatic nitrogens is 1. The lowest BCUT2D eigenvalue weighted by molar-refractivity contribution is 0.0730. The third-order valence-corrected chi connectivity index (χ3v) is 8.97. The van der Waals surface area contributed by atoms with Gasteiger partial charge in [-0.05, 0) is 37.3 Å². The van der Waals surface area contributed by atoms with Crippen molar-refractivity contribution in [3.8, 4) is 0 Å². The zero-order valence-electron chi connectivity index (χ0n) is 16.3. The number of rotatable bonds is 4. The van der Waals surface area contributed by atoms with E-state index in [9.17, 15) is 13.2 Å². The summed E-state index contributed by atoms with van der Waals surface area (Å²) in [6, 6.07) is 2.53. The zero-order chi connectivity index (χ0) is 21.5. The number of thiazole rings is 1. The van der Waals surface area contributed by atoms with Crippen molar-refractivity contribution in [1.29, 1.82) is 0 Å². The predicted molar refractivity (Wildman–Crippen MR) is 117 cm³/mol. The predicted octanol–water partition coefficient (Wildman–Crippen LogP) is 3.85. The van der Waals surface area contributed by atoms with Crippen molar-refractivity contribution in [3.63, 3.8) is 0 Å². The highest BCUT2D eigenvalue weighted by molar-refractivity contribution is 7.89. The Labute approximate surface area is 189 Å². The number of nitrogens with one attached hydrogen (secondary N) is 1. The highest BCUT2D eigenvalue weighted by atomic mass is 35.5. The molecule has 1 aromatic carbocycles. The molecule has 1 aliphatic heterocycles. The first-order valence-corrected chi connectivity index (χ1v) is 12.6. The Balaban J connectivity index is 1.61. The van der Waals surface area contributed by atoms with Gasteiger partial charge in [0.1, 0.15) is 4.90 Å². The average molecular weight is 490 g/mol. The molecule has 0 saturated carbocycles. The molecule has 0 spiro atoms. The van der Waals surface area contributed by atoms with E-state index in [1.807, 2.05) is 0 Å². The molecule has 4 rings (SSSR count). The van der Waals surface area contributed by atoms with Gasteiger partial charge in [0, 0.05) is 18.0 Å². The molecule has 30 heavy (non-hydrogen) atoms. The molecule has 1 unspecified atom stereocenters. The first-order valence-electron chi connectivity index (χ1n) is 9.62. The SMILES string of the molecule is CC1CCc2nc(NC(=O)c3cc(S(=O)(=O)N4CCOCC4)c(Cl)cc3Cl)sc2C1. The van der Waals surface area contributed by atoms with E-state index in [2.05, 4.69) is 17.2 Å². The zero-order valence-corrected chi connectivity index (χ0v) is 19.4. The van der Waals surface area contributed by atoms with Gasteiger partial charge in [-0.15, -0.1) is 11.3 Å². The van der Waals surface area contributed by atoms with Gasteiger partial charge < -0.3 is 4.74 Å². The second-order valence-corrected chi connectivity index (χ2v) is 11.3. The summed E-state index contributed by atoms with van der Waals surface area (Å²) in [6.07, 6.45) is 2.93. The highest BCUT2D eigenvalue weighted by Gasteiger charge is 2.30. The molecule has 7 nitrogen and oxygen atoms in total. The molecule has 1 N–H and O–H groups in total. The number of nitrogens with zero attached hydrogens (tertiary/aromatic N) is 2. The first-order chi connectivity index (χ1) is 14.3. The van der Waals surface area contributed by atoms with E-state index in [1.165, 1.54) is 32.7 Å². The third kappa shape index (κ3) is 4.37. The van der Waals surface area contributed by atoms with Crippen LogP contribution in [0.3, 0.4) is 0 Å². The van der Waals surface area contributed by atoms with Crippen LogP contribution in [0.15, 0.2) is 17.0 Å². The maximum atomic E-state index is 13.0. The number of carbonyl (C=O) groups is 1. The average Bonchev–Trinajstić information content (AvgIpc) is 3.09. The summed E-state index contributed by atoms with van der Waals surface area (Å²) >= 11 is 13.9. The molecule has 1 amide bonds. The van der Waals surface area contributed by atoms with Gasteiger partial charge in [-0.25, -0.2) is 13.4 Å². The quantitative estimate of drug-likeness (QED) is 0.704. The molecular weight excluding hydrogens is 469 g/mol. The van der Waals surface area contributed by atoms with E-state index in [1.54, 1.807) is 0 Å². The van der Waals surface area contributed by atoms with Crippen molar-refractivity contribution in [1.82, 2.24) is 9.29 Å². The summed E-state index contributed by atoms with van der Waals surface area (Å²) in [4.78, 5) is 18.4. The van der Waals surface area contributed by atoms with Crippen LogP contribution in [0, 0.1) is 5.92 Å². The Morgan fingerprint density at radius 3 is 2.73 bits per heavy atom. The number of aryl methyl sites for hydroxylation is 1. The Morgan fingerprint density at radius 2 is 2.00 bits per heavy atom. The van der Waals surface area contributed by atoms with Crippen LogP contribution < -0.4 is 5.32 Å². The number of ether oxygens (including phenoxy) is 1. The number of halogens is 2. The Kier molecular flexibility index (Phi) is 6.39. The van der Waals surface area contributed by atoms with Gasteiger partial charge in [-0.1, -0.05) is 30.1 Å².